The van der Waals surface area contributed by atoms with Crippen LogP contribution < -0.4 is 4.72 Å². The van der Waals surface area contributed by atoms with Crippen LogP contribution in [0.2, 0.25) is 0 Å². The fourth-order valence-corrected chi connectivity index (χ4v) is 7.26. The van der Waals surface area contributed by atoms with Crippen molar-refractivity contribution in [1.29, 1.82) is 5.26 Å². The summed E-state index contributed by atoms with van der Waals surface area (Å²) < 4.78 is 34.6. The Hall–Kier alpha value is -4.58. The third-order valence-electron chi connectivity index (χ3n) is 8.53. The van der Waals surface area contributed by atoms with Crippen molar-refractivity contribution in [3.63, 3.8) is 0 Å². The van der Waals surface area contributed by atoms with Gasteiger partial charge in [0.15, 0.2) is 11.4 Å². The molecule has 1 saturated heterocycles. The van der Waals surface area contributed by atoms with E-state index < -0.39 is 27.5 Å². The summed E-state index contributed by atoms with van der Waals surface area (Å²) in [4.78, 5) is 28.3. The van der Waals surface area contributed by atoms with E-state index in [0.717, 1.165) is 29.5 Å². The molecule has 1 saturated carbocycles. The predicted molar refractivity (Wildman–Crippen MR) is 165 cm³/mol. The monoisotopic (exact) mass is 604 g/mol. The molecule has 1 aliphatic carbocycles. The number of Topliss-reactive ketones (excluding diaryl/α,β-unsaturated/α-hetero) is 1. The van der Waals surface area contributed by atoms with Crippen molar-refractivity contribution in [2.75, 3.05) is 0 Å². The van der Waals surface area contributed by atoms with Crippen molar-refractivity contribution in [3.05, 3.63) is 137 Å². The lowest BCUT2D eigenvalue weighted by atomic mass is 9.74. The van der Waals surface area contributed by atoms with E-state index >= 15 is 0 Å². The number of ether oxygens (including phenoxy) is 1. The van der Waals surface area contributed by atoms with Gasteiger partial charge in [0.2, 0.25) is 10.0 Å². The van der Waals surface area contributed by atoms with Gasteiger partial charge >= 0.3 is 5.97 Å². The van der Waals surface area contributed by atoms with E-state index in [1.807, 2.05) is 91.0 Å². The highest BCUT2D eigenvalue weighted by atomic mass is 32.2. The van der Waals surface area contributed by atoms with Crippen molar-refractivity contribution in [2.45, 2.75) is 48.6 Å². The molecule has 6 rings (SSSR count). The molecule has 222 valence electrons. The Morgan fingerprint density at radius 3 is 1.98 bits per heavy atom. The highest BCUT2D eigenvalue weighted by Gasteiger charge is 2.59. The third kappa shape index (κ3) is 6.21. The minimum Gasteiger partial charge on any atom is -0.450 e. The van der Waals surface area contributed by atoms with E-state index in [2.05, 4.69) is 4.72 Å². The van der Waals surface area contributed by atoms with Gasteiger partial charge in [-0.15, -0.1) is 0 Å². The number of sulfonamides is 1. The van der Waals surface area contributed by atoms with Crippen LogP contribution in [0.5, 0.6) is 0 Å². The van der Waals surface area contributed by atoms with E-state index in [-0.39, 0.29) is 29.1 Å². The molecule has 1 N–H and O–H groups in total. The normalized spacial score (nSPS) is 18.4. The maximum absolute atomic E-state index is 14.5. The molecule has 7 nitrogen and oxygen atoms in total. The molecule has 0 spiro atoms. The van der Waals surface area contributed by atoms with Crippen molar-refractivity contribution in [2.24, 2.45) is 11.8 Å². The molecule has 1 heterocycles. The first-order chi connectivity index (χ1) is 21.3. The Morgan fingerprint density at radius 1 is 0.818 bits per heavy atom. The average Bonchev–Trinajstić information content (AvgIpc) is 3.85. The number of rotatable bonds is 11. The van der Waals surface area contributed by atoms with Crippen LogP contribution in [0.1, 0.15) is 46.6 Å². The topological polar surface area (TPSA) is 113 Å². The highest BCUT2D eigenvalue weighted by Crippen LogP contribution is 2.51. The van der Waals surface area contributed by atoms with Crippen LogP contribution in [0.25, 0.3) is 0 Å². The number of ketones is 1. The minimum absolute atomic E-state index is 0.0303. The molecule has 1 aliphatic heterocycles. The SMILES string of the molecule is N#Cc1ccc(S(=O)(=O)NCc2cccc(C(C3CC3)C3C(=O)OC(Cc4ccccc4)(Cc4ccccc4)C3=O)c2)cc1. The molecule has 0 amide bonds. The number of carbonyl (C=O) groups excluding carboxylic acids is 2. The van der Waals surface area contributed by atoms with Crippen LogP contribution in [-0.2, 0) is 43.7 Å². The Labute approximate surface area is 257 Å². The number of nitriles is 1. The van der Waals surface area contributed by atoms with Crippen LogP contribution in [0.4, 0.5) is 0 Å². The maximum atomic E-state index is 14.5. The van der Waals surface area contributed by atoms with Crippen LogP contribution in [0.15, 0.2) is 114 Å². The zero-order valence-electron chi connectivity index (χ0n) is 24.1. The Kier molecular flexibility index (Phi) is 8.17. The van der Waals surface area contributed by atoms with Gasteiger partial charge < -0.3 is 4.74 Å². The highest BCUT2D eigenvalue weighted by molar-refractivity contribution is 7.89. The van der Waals surface area contributed by atoms with Gasteiger partial charge in [-0.1, -0.05) is 84.9 Å². The summed E-state index contributed by atoms with van der Waals surface area (Å²) in [7, 11) is -3.82. The van der Waals surface area contributed by atoms with E-state index in [4.69, 9.17) is 10.00 Å². The molecule has 0 bridgehead atoms. The lowest BCUT2D eigenvalue weighted by Gasteiger charge is -2.27. The molecule has 0 radical (unpaired) electrons. The molecule has 2 atom stereocenters. The summed E-state index contributed by atoms with van der Waals surface area (Å²) in [6.07, 6.45) is 2.39. The van der Waals surface area contributed by atoms with E-state index in [1.54, 1.807) is 0 Å². The first-order valence-electron chi connectivity index (χ1n) is 14.7. The second-order valence-corrected chi connectivity index (χ2v) is 13.4. The predicted octanol–water partition coefficient (Wildman–Crippen LogP) is 5.50. The second kappa shape index (κ2) is 12.2. The molecule has 44 heavy (non-hydrogen) atoms. The van der Waals surface area contributed by atoms with Crippen LogP contribution in [0.3, 0.4) is 0 Å². The standard InChI is InChI=1S/C36H32N2O5S/c37-23-27-14-18-31(19-15-27)44(41,42)38-24-28-12-7-13-30(20-28)32(29-16-17-29)33-34(39)36(43-35(33)40,21-25-8-3-1-4-9-25)22-26-10-5-2-6-11-26/h1-15,18-20,29,32-33,38H,16-17,21-22,24H2. The summed E-state index contributed by atoms with van der Waals surface area (Å²) in [5.74, 6) is -1.84. The Bertz CT molecular complexity index is 1770. The van der Waals surface area contributed by atoms with E-state index in [1.165, 1.54) is 24.3 Å². The van der Waals surface area contributed by atoms with Gasteiger partial charge in [-0.3, -0.25) is 9.59 Å². The van der Waals surface area contributed by atoms with Crippen molar-refractivity contribution >= 4 is 21.8 Å². The Morgan fingerprint density at radius 2 is 1.41 bits per heavy atom. The van der Waals surface area contributed by atoms with Gasteiger partial charge in [-0.25, -0.2) is 13.1 Å². The van der Waals surface area contributed by atoms with Gasteiger partial charge in [0, 0.05) is 25.3 Å². The fourth-order valence-electron chi connectivity index (χ4n) is 6.24. The average molecular weight is 605 g/mol. The van der Waals surface area contributed by atoms with Gasteiger partial charge in [-0.05, 0) is 65.3 Å². The first-order valence-corrected chi connectivity index (χ1v) is 16.2. The largest absolute Gasteiger partial charge is 0.450 e. The molecule has 0 aromatic heterocycles. The molecule has 2 unspecified atom stereocenters. The molecular weight excluding hydrogens is 572 g/mol. The number of cyclic esters (lactones) is 1. The van der Waals surface area contributed by atoms with E-state index in [0.29, 0.717) is 24.0 Å². The number of hydrogen-bond acceptors (Lipinski definition) is 6. The smallest absolute Gasteiger partial charge is 0.318 e. The quantitative estimate of drug-likeness (QED) is 0.179. The molecule has 8 heteroatoms. The van der Waals surface area contributed by atoms with Crippen LogP contribution >= 0.6 is 0 Å². The summed E-state index contributed by atoms with van der Waals surface area (Å²) in [5.41, 5.74) is 2.44. The zero-order chi connectivity index (χ0) is 30.7. The first kappa shape index (κ1) is 29.5. The summed E-state index contributed by atoms with van der Waals surface area (Å²) in [5, 5.41) is 9.01. The fraction of sp³-hybridized carbons (Fsp3) is 0.250. The molecule has 4 aromatic carbocycles. The van der Waals surface area contributed by atoms with Crippen molar-refractivity contribution in [1.82, 2.24) is 4.72 Å². The molecular formula is C36H32N2O5S. The van der Waals surface area contributed by atoms with Gasteiger partial charge in [0.05, 0.1) is 16.5 Å². The third-order valence-corrected chi connectivity index (χ3v) is 9.95. The zero-order valence-corrected chi connectivity index (χ0v) is 24.9. The number of carbonyl (C=O) groups is 2. The van der Waals surface area contributed by atoms with Crippen LogP contribution in [0, 0.1) is 23.2 Å². The number of benzene rings is 4. The lowest BCUT2D eigenvalue weighted by molar-refractivity contribution is -0.152. The lowest BCUT2D eigenvalue weighted by Crippen LogP contribution is -2.43. The molecule has 4 aromatic rings. The molecule has 2 fully saturated rings. The van der Waals surface area contributed by atoms with Gasteiger partial charge in [-0.2, -0.15) is 5.26 Å². The minimum atomic E-state index is -3.82. The number of hydrogen-bond donors (Lipinski definition) is 1. The van der Waals surface area contributed by atoms with Crippen LogP contribution in [-0.4, -0.2) is 25.8 Å². The summed E-state index contributed by atoms with van der Waals surface area (Å²) >= 11 is 0. The Balaban J connectivity index is 1.27. The van der Waals surface area contributed by atoms with E-state index in [9.17, 15) is 18.0 Å². The molecule has 2 aliphatic rings. The van der Waals surface area contributed by atoms with Crippen molar-refractivity contribution in [3.8, 4) is 6.07 Å². The number of esters is 1. The second-order valence-electron chi connectivity index (χ2n) is 11.7. The van der Waals surface area contributed by atoms with Crippen molar-refractivity contribution < 1.29 is 22.7 Å². The summed E-state index contributed by atoms with van der Waals surface area (Å²) in [6.45, 7) is 0.0303. The number of nitrogens with one attached hydrogen (secondary N) is 1. The maximum Gasteiger partial charge on any atom is 0.318 e. The van der Waals surface area contributed by atoms with Gasteiger partial charge in [0.25, 0.3) is 0 Å². The number of nitrogens with zero attached hydrogens (tertiary/aromatic N) is 1. The van der Waals surface area contributed by atoms with Gasteiger partial charge in [0.1, 0.15) is 5.92 Å². The summed E-state index contributed by atoms with van der Waals surface area (Å²) in [6, 6.07) is 34.4.